The number of carbonyl (C=O) groups is 2. The Morgan fingerprint density at radius 3 is 2.21 bits per heavy atom. The Bertz CT molecular complexity index is 429. The molecule has 0 aliphatic rings. The van der Waals surface area contributed by atoms with Gasteiger partial charge in [-0.1, -0.05) is 51.1 Å². The summed E-state index contributed by atoms with van der Waals surface area (Å²) in [6.07, 6.45) is 1.19. The quantitative estimate of drug-likeness (QED) is 0.605. The highest BCUT2D eigenvalue weighted by molar-refractivity contribution is 6.01. The molecule has 0 heterocycles. The van der Waals surface area contributed by atoms with Gasteiger partial charge in [-0.2, -0.15) is 0 Å². The summed E-state index contributed by atoms with van der Waals surface area (Å²) in [5.41, 5.74) is 0.591. The topological polar surface area (TPSA) is 43.4 Å². The number of rotatable bonds is 5. The highest BCUT2D eigenvalue weighted by atomic mass is 16.5. The van der Waals surface area contributed by atoms with Crippen molar-refractivity contribution in [2.45, 2.75) is 33.6 Å². The summed E-state index contributed by atoms with van der Waals surface area (Å²) < 4.78 is 4.76. The lowest BCUT2D eigenvalue weighted by Gasteiger charge is -2.22. The van der Waals surface area contributed by atoms with E-state index in [1.54, 1.807) is 0 Å². The fourth-order valence-electron chi connectivity index (χ4n) is 1.98. The number of benzene rings is 1. The van der Waals surface area contributed by atoms with Crippen LogP contribution in [0.5, 0.6) is 0 Å². The summed E-state index contributed by atoms with van der Waals surface area (Å²) in [4.78, 5) is 24.1. The third kappa shape index (κ3) is 4.51. The average Bonchev–Trinajstić information content (AvgIpc) is 2.38. The van der Waals surface area contributed by atoms with Crippen LogP contribution in [-0.2, 0) is 20.7 Å². The number of hydrogen-bond donors (Lipinski definition) is 0. The number of aryl methyl sites for hydroxylation is 1. The maximum absolute atomic E-state index is 12.3. The number of Topliss-reactive ketones (excluding diaryl/α,β-unsaturated/α-hetero) is 1. The maximum atomic E-state index is 12.3. The van der Waals surface area contributed by atoms with Crippen molar-refractivity contribution in [3.8, 4) is 0 Å². The predicted octanol–water partition coefficient (Wildman–Crippen LogP) is 3.02. The molecule has 104 valence electrons. The number of ketones is 1. The Kier molecular flexibility index (Phi) is 5.28. The second-order valence-electron chi connectivity index (χ2n) is 5.71. The normalized spacial score (nSPS) is 12.8. The molecular weight excluding hydrogens is 240 g/mol. The first-order valence-electron chi connectivity index (χ1n) is 6.52. The molecule has 0 bridgehead atoms. The molecule has 0 spiro atoms. The van der Waals surface area contributed by atoms with Crippen LogP contribution in [0.3, 0.4) is 0 Å². The number of hydrogen-bond acceptors (Lipinski definition) is 3. The molecule has 0 fully saturated rings. The maximum Gasteiger partial charge on any atom is 0.316 e. The minimum atomic E-state index is -0.676. The highest BCUT2D eigenvalue weighted by Gasteiger charge is 2.34. The van der Waals surface area contributed by atoms with Gasteiger partial charge in [0, 0.05) is 5.41 Å². The largest absolute Gasteiger partial charge is 0.468 e. The lowest BCUT2D eigenvalue weighted by atomic mass is 9.80. The Labute approximate surface area is 115 Å². The zero-order valence-electron chi connectivity index (χ0n) is 12.1. The van der Waals surface area contributed by atoms with E-state index in [-0.39, 0.29) is 5.78 Å². The van der Waals surface area contributed by atoms with Crippen LogP contribution in [-0.4, -0.2) is 18.9 Å². The van der Waals surface area contributed by atoms with Crippen LogP contribution in [0.25, 0.3) is 0 Å². The van der Waals surface area contributed by atoms with E-state index < -0.39 is 17.3 Å². The fourth-order valence-corrected chi connectivity index (χ4v) is 1.98. The number of esters is 1. The summed E-state index contributed by atoms with van der Waals surface area (Å²) in [7, 11) is 1.33. The van der Waals surface area contributed by atoms with Crippen LogP contribution < -0.4 is 0 Å². The molecule has 0 amide bonds. The number of methoxy groups -OCH3 is 1. The molecule has 1 unspecified atom stereocenters. The van der Waals surface area contributed by atoms with Gasteiger partial charge >= 0.3 is 5.97 Å². The molecule has 1 atom stereocenters. The molecule has 1 aromatic carbocycles. The predicted molar refractivity (Wildman–Crippen MR) is 74.7 cm³/mol. The number of ether oxygens (including phenoxy) is 1. The minimum absolute atomic E-state index is 0.0599. The molecule has 19 heavy (non-hydrogen) atoms. The molecule has 1 aromatic rings. The van der Waals surface area contributed by atoms with Gasteiger partial charge in [0.15, 0.2) is 5.78 Å². The first-order chi connectivity index (χ1) is 8.86. The van der Waals surface area contributed by atoms with Crippen LogP contribution in [0.1, 0.15) is 32.8 Å². The Balaban J connectivity index is 2.76. The summed E-state index contributed by atoms with van der Waals surface area (Å²) in [5.74, 6) is -1.17. The second kappa shape index (κ2) is 6.50. The zero-order valence-corrected chi connectivity index (χ0v) is 12.1. The van der Waals surface area contributed by atoms with Crippen LogP contribution in [0, 0.1) is 11.3 Å². The molecule has 0 aromatic heterocycles. The molecular formula is C16H22O3. The van der Waals surface area contributed by atoms with Crippen molar-refractivity contribution in [2.75, 3.05) is 7.11 Å². The molecule has 3 nitrogen and oxygen atoms in total. The molecule has 3 heteroatoms. The lowest BCUT2D eigenvalue weighted by Crippen LogP contribution is -2.34. The molecule has 1 rings (SSSR count). The van der Waals surface area contributed by atoms with Crippen molar-refractivity contribution >= 4 is 11.8 Å². The third-order valence-corrected chi connectivity index (χ3v) is 3.11. The van der Waals surface area contributed by atoms with Crippen molar-refractivity contribution in [3.63, 3.8) is 0 Å². The molecule has 0 N–H and O–H groups in total. The van der Waals surface area contributed by atoms with Crippen LogP contribution in [0.2, 0.25) is 0 Å². The SMILES string of the molecule is COC(=O)C(CCc1ccccc1)C(=O)C(C)(C)C. The monoisotopic (exact) mass is 262 g/mol. The van der Waals surface area contributed by atoms with Crippen LogP contribution in [0.4, 0.5) is 0 Å². The van der Waals surface area contributed by atoms with Crippen molar-refractivity contribution in [2.24, 2.45) is 11.3 Å². The van der Waals surface area contributed by atoms with E-state index in [0.717, 1.165) is 5.56 Å². The van der Waals surface area contributed by atoms with Crippen molar-refractivity contribution in [3.05, 3.63) is 35.9 Å². The van der Waals surface area contributed by atoms with Gasteiger partial charge in [-0.25, -0.2) is 0 Å². The van der Waals surface area contributed by atoms with Gasteiger partial charge in [0.25, 0.3) is 0 Å². The summed E-state index contributed by atoms with van der Waals surface area (Å²) in [5, 5.41) is 0. The van der Waals surface area contributed by atoms with Crippen LogP contribution in [0.15, 0.2) is 30.3 Å². The first-order valence-corrected chi connectivity index (χ1v) is 6.52. The summed E-state index contributed by atoms with van der Waals surface area (Å²) in [6, 6.07) is 9.84. The van der Waals surface area contributed by atoms with E-state index in [4.69, 9.17) is 4.74 Å². The average molecular weight is 262 g/mol. The van der Waals surface area contributed by atoms with Gasteiger partial charge in [0.2, 0.25) is 0 Å². The van der Waals surface area contributed by atoms with Crippen molar-refractivity contribution < 1.29 is 14.3 Å². The molecule has 0 radical (unpaired) electrons. The van der Waals surface area contributed by atoms with Crippen LogP contribution >= 0.6 is 0 Å². The van der Waals surface area contributed by atoms with Gasteiger partial charge in [-0.3, -0.25) is 9.59 Å². The summed E-state index contributed by atoms with van der Waals surface area (Å²) >= 11 is 0. The zero-order chi connectivity index (χ0) is 14.5. The van der Waals surface area contributed by atoms with Gasteiger partial charge in [-0.05, 0) is 18.4 Å². The Morgan fingerprint density at radius 1 is 1.16 bits per heavy atom. The highest BCUT2D eigenvalue weighted by Crippen LogP contribution is 2.24. The smallest absolute Gasteiger partial charge is 0.316 e. The summed E-state index contributed by atoms with van der Waals surface area (Å²) in [6.45, 7) is 5.48. The van der Waals surface area contributed by atoms with E-state index in [1.165, 1.54) is 7.11 Å². The van der Waals surface area contributed by atoms with Gasteiger partial charge in [0.1, 0.15) is 5.92 Å². The Morgan fingerprint density at radius 2 is 1.74 bits per heavy atom. The van der Waals surface area contributed by atoms with E-state index >= 15 is 0 Å². The standard InChI is InChI=1S/C16H22O3/c1-16(2,3)14(17)13(15(18)19-4)11-10-12-8-6-5-7-9-12/h5-9,13H,10-11H2,1-4H3. The van der Waals surface area contributed by atoms with E-state index in [0.29, 0.717) is 12.8 Å². The van der Waals surface area contributed by atoms with E-state index in [1.807, 2.05) is 51.1 Å². The molecule has 0 aliphatic carbocycles. The lowest BCUT2D eigenvalue weighted by molar-refractivity contribution is -0.152. The van der Waals surface area contributed by atoms with Gasteiger partial charge in [0.05, 0.1) is 7.11 Å². The third-order valence-electron chi connectivity index (χ3n) is 3.11. The van der Waals surface area contributed by atoms with Gasteiger partial charge < -0.3 is 4.74 Å². The Hall–Kier alpha value is -1.64. The second-order valence-corrected chi connectivity index (χ2v) is 5.71. The molecule has 0 aliphatic heterocycles. The van der Waals surface area contributed by atoms with E-state index in [2.05, 4.69) is 0 Å². The van der Waals surface area contributed by atoms with Gasteiger partial charge in [-0.15, -0.1) is 0 Å². The first kappa shape index (κ1) is 15.4. The minimum Gasteiger partial charge on any atom is -0.468 e. The molecule has 0 saturated carbocycles. The molecule has 0 saturated heterocycles. The number of carbonyl (C=O) groups excluding carboxylic acids is 2. The van der Waals surface area contributed by atoms with E-state index in [9.17, 15) is 9.59 Å². The fraction of sp³-hybridized carbons (Fsp3) is 0.500. The van der Waals surface area contributed by atoms with Crippen molar-refractivity contribution in [1.29, 1.82) is 0 Å². The van der Waals surface area contributed by atoms with Crippen molar-refractivity contribution in [1.82, 2.24) is 0 Å².